The van der Waals surface area contributed by atoms with Crippen LogP contribution < -0.4 is 9.62 Å². The highest BCUT2D eigenvalue weighted by Gasteiger charge is 2.28. The Hall–Kier alpha value is -2.14. The first-order valence-corrected chi connectivity index (χ1v) is 12.9. The molecule has 0 unspecified atom stereocenters. The van der Waals surface area contributed by atoms with Gasteiger partial charge in [0.1, 0.15) is 6.54 Å². The standard InChI is InChI=1S/C20H21ClN4O3S3/c1-4-29-20-24-23-19(30-20)22-18(26)12-25(15-8-7-14(3)17(21)11-15)31(27,28)16-9-5-13(2)6-10-16/h5-11H,4,12H2,1-3H3,(H,22,23,26). The van der Waals surface area contributed by atoms with E-state index in [1.807, 2.05) is 20.8 Å². The quantitative estimate of drug-likeness (QED) is 0.357. The number of aromatic nitrogens is 2. The van der Waals surface area contributed by atoms with E-state index in [2.05, 4.69) is 15.5 Å². The minimum absolute atomic E-state index is 0.0835. The van der Waals surface area contributed by atoms with Crippen LogP contribution in [0.3, 0.4) is 0 Å². The summed E-state index contributed by atoms with van der Waals surface area (Å²) in [5.74, 6) is 0.302. The number of thioether (sulfide) groups is 1. The minimum Gasteiger partial charge on any atom is -0.299 e. The monoisotopic (exact) mass is 496 g/mol. The van der Waals surface area contributed by atoms with Crippen LogP contribution in [0.4, 0.5) is 10.8 Å². The van der Waals surface area contributed by atoms with Crippen molar-refractivity contribution >= 4 is 61.4 Å². The number of benzene rings is 2. The maximum absolute atomic E-state index is 13.4. The summed E-state index contributed by atoms with van der Waals surface area (Å²) in [5, 5.41) is 11.3. The van der Waals surface area contributed by atoms with Crippen LogP contribution in [-0.4, -0.2) is 36.8 Å². The SMILES string of the molecule is CCSc1nnc(NC(=O)CN(c2ccc(C)c(Cl)c2)S(=O)(=O)c2ccc(C)cc2)s1. The van der Waals surface area contributed by atoms with Gasteiger partial charge in [0, 0.05) is 5.02 Å². The molecule has 0 aliphatic heterocycles. The molecule has 0 fully saturated rings. The molecule has 7 nitrogen and oxygen atoms in total. The molecule has 0 saturated heterocycles. The number of nitrogens with zero attached hydrogens (tertiary/aromatic N) is 3. The molecule has 1 aromatic heterocycles. The highest BCUT2D eigenvalue weighted by molar-refractivity contribution is 8.01. The molecule has 1 N–H and O–H groups in total. The first-order chi connectivity index (χ1) is 14.7. The zero-order valence-electron chi connectivity index (χ0n) is 17.1. The molecule has 1 heterocycles. The van der Waals surface area contributed by atoms with Crippen molar-refractivity contribution in [1.82, 2.24) is 10.2 Å². The second-order valence-corrected chi connectivity index (χ2v) is 11.4. The first kappa shape index (κ1) is 23.5. The van der Waals surface area contributed by atoms with E-state index in [-0.39, 0.29) is 4.90 Å². The number of aryl methyl sites for hydroxylation is 2. The number of rotatable bonds is 8. The smallest absolute Gasteiger partial charge is 0.264 e. The Morgan fingerprint density at radius 3 is 2.52 bits per heavy atom. The molecule has 0 atom stereocenters. The number of sulfonamides is 1. The Morgan fingerprint density at radius 1 is 1.16 bits per heavy atom. The van der Waals surface area contributed by atoms with Gasteiger partial charge in [-0.15, -0.1) is 10.2 Å². The Kier molecular flexibility index (Phi) is 7.58. The van der Waals surface area contributed by atoms with Crippen molar-refractivity contribution in [2.75, 3.05) is 21.9 Å². The van der Waals surface area contributed by atoms with Crippen LogP contribution in [0.15, 0.2) is 51.7 Å². The average molecular weight is 497 g/mol. The van der Waals surface area contributed by atoms with E-state index in [0.717, 1.165) is 25.5 Å². The summed E-state index contributed by atoms with van der Waals surface area (Å²) in [6.07, 6.45) is 0. The van der Waals surface area contributed by atoms with E-state index in [0.29, 0.717) is 15.8 Å². The van der Waals surface area contributed by atoms with Crippen LogP contribution in [0, 0.1) is 13.8 Å². The lowest BCUT2D eigenvalue weighted by Crippen LogP contribution is -2.38. The fourth-order valence-corrected chi connectivity index (χ4v) is 5.87. The van der Waals surface area contributed by atoms with E-state index < -0.39 is 22.5 Å². The van der Waals surface area contributed by atoms with Gasteiger partial charge in [0.15, 0.2) is 4.34 Å². The van der Waals surface area contributed by atoms with Crippen molar-refractivity contribution in [3.05, 3.63) is 58.6 Å². The predicted octanol–water partition coefficient (Wildman–Crippen LogP) is 4.75. The summed E-state index contributed by atoms with van der Waals surface area (Å²) in [7, 11) is -4.01. The van der Waals surface area contributed by atoms with Gasteiger partial charge in [0.05, 0.1) is 10.6 Å². The van der Waals surface area contributed by atoms with Gasteiger partial charge in [0.2, 0.25) is 11.0 Å². The summed E-state index contributed by atoms with van der Waals surface area (Å²) in [4.78, 5) is 12.8. The molecule has 11 heteroatoms. The van der Waals surface area contributed by atoms with Crippen LogP contribution >= 0.6 is 34.7 Å². The van der Waals surface area contributed by atoms with Gasteiger partial charge >= 0.3 is 0 Å². The Bertz CT molecular complexity index is 1180. The van der Waals surface area contributed by atoms with Crippen LogP contribution in [0.1, 0.15) is 18.1 Å². The molecule has 3 rings (SSSR count). The van der Waals surface area contributed by atoms with Crippen LogP contribution in [0.25, 0.3) is 0 Å². The second kappa shape index (κ2) is 9.99. The van der Waals surface area contributed by atoms with E-state index in [4.69, 9.17) is 11.6 Å². The lowest BCUT2D eigenvalue weighted by atomic mass is 10.2. The van der Waals surface area contributed by atoms with Crippen LogP contribution in [0.5, 0.6) is 0 Å². The number of amides is 1. The third-order valence-corrected chi connectivity index (χ3v) is 8.31. The molecule has 2 aromatic carbocycles. The molecule has 1 amide bonds. The van der Waals surface area contributed by atoms with Crippen LogP contribution in [-0.2, 0) is 14.8 Å². The molecule has 0 radical (unpaired) electrons. The maximum Gasteiger partial charge on any atom is 0.264 e. The highest BCUT2D eigenvalue weighted by Crippen LogP contribution is 2.29. The maximum atomic E-state index is 13.4. The molecule has 0 aliphatic rings. The molecule has 0 saturated carbocycles. The summed E-state index contributed by atoms with van der Waals surface area (Å²) >= 11 is 8.98. The van der Waals surface area contributed by atoms with Crippen molar-refractivity contribution < 1.29 is 13.2 Å². The van der Waals surface area contributed by atoms with Gasteiger partial charge in [-0.05, 0) is 49.4 Å². The number of carbonyl (C=O) groups excluding carboxylic acids is 1. The summed E-state index contributed by atoms with van der Waals surface area (Å²) in [6.45, 7) is 5.24. The topological polar surface area (TPSA) is 92.3 Å². The molecule has 0 aliphatic carbocycles. The fourth-order valence-electron chi connectivity index (χ4n) is 2.62. The van der Waals surface area contributed by atoms with E-state index >= 15 is 0 Å². The third kappa shape index (κ3) is 5.76. The summed E-state index contributed by atoms with van der Waals surface area (Å²) < 4.78 is 28.6. The summed E-state index contributed by atoms with van der Waals surface area (Å²) in [6, 6.07) is 11.3. The molecule has 164 valence electrons. The van der Waals surface area contributed by atoms with E-state index in [9.17, 15) is 13.2 Å². The van der Waals surface area contributed by atoms with Crippen LogP contribution in [0.2, 0.25) is 5.02 Å². The fraction of sp³-hybridized carbons (Fsp3) is 0.250. The van der Waals surface area contributed by atoms with Gasteiger partial charge in [-0.25, -0.2) is 8.42 Å². The van der Waals surface area contributed by atoms with Gasteiger partial charge in [-0.2, -0.15) is 0 Å². The Labute approximate surface area is 194 Å². The number of nitrogens with one attached hydrogen (secondary N) is 1. The van der Waals surface area contributed by atoms with Gasteiger partial charge in [-0.1, -0.05) is 65.4 Å². The van der Waals surface area contributed by atoms with Crippen molar-refractivity contribution in [2.24, 2.45) is 0 Å². The molecule has 0 spiro atoms. The average Bonchev–Trinajstić information content (AvgIpc) is 3.15. The lowest BCUT2D eigenvalue weighted by Gasteiger charge is -2.24. The number of hydrogen-bond donors (Lipinski definition) is 1. The Balaban J connectivity index is 1.92. The minimum atomic E-state index is -4.01. The van der Waals surface area contributed by atoms with Gasteiger partial charge < -0.3 is 0 Å². The third-order valence-electron chi connectivity index (χ3n) is 4.26. The Morgan fingerprint density at radius 2 is 1.87 bits per heavy atom. The van der Waals surface area contributed by atoms with E-state index in [1.165, 1.54) is 41.3 Å². The molecular formula is C20H21ClN4O3S3. The molecule has 31 heavy (non-hydrogen) atoms. The van der Waals surface area contributed by atoms with Gasteiger partial charge in [0.25, 0.3) is 10.0 Å². The number of hydrogen-bond acceptors (Lipinski definition) is 7. The normalized spacial score (nSPS) is 11.4. The zero-order valence-corrected chi connectivity index (χ0v) is 20.3. The molecule has 0 bridgehead atoms. The first-order valence-electron chi connectivity index (χ1n) is 9.32. The van der Waals surface area contributed by atoms with Crippen molar-refractivity contribution in [3.63, 3.8) is 0 Å². The number of anilines is 2. The second-order valence-electron chi connectivity index (χ2n) is 6.61. The summed E-state index contributed by atoms with van der Waals surface area (Å²) in [5.41, 5.74) is 2.03. The highest BCUT2D eigenvalue weighted by atomic mass is 35.5. The van der Waals surface area contributed by atoms with Crippen molar-refractivity contribution in [2.45, 2.75) is 30.0 Å². The van der Waals surface area contributed by atoms with Crippen molar-refractivity contribution in [1.29, 1.82) is 0 Å². The number of carbonyl (C=O) groups is 1. The van der Waals surface area contributed by atoms with E-state index in [1.54, 1.807) is 24.3 Å². The van der Waals surface area contributed by atoms with Crippen molar-refractivity contribution in [3.8, 4) is 0 Å². The number of halogens is 1. The predicted molar refractivity (Wildman–Crippen MR) is 127 cm³/mol. The lowest BCUT2D eigenvalue weighted by molar-refractivity contribution is -0.114. The molecule has 3 aromatic rings. The largest absolute Gasteiger partial charge is 0.299 e. The zero-order chi connectivity index (χ0) is 22.6. The van der Waals surface area contributed by atoms with Gasteiger partial charge in [-0.3, -0.25) is 14.4 Å². The molecular weight excluding hydrogens is 476 g/mol.